The molecular weight excluding hydrogens is 228 g/mol. The number of anilines is 1. The van der Waals surface area contributed by atoms with Crippen molar-refractivity contribution in [2.75, 3.05) is 25.0 Å². The van der Waals surface area contributed by atoms with Crippen LogP contribution in [0.5, 0.6) is 0 Å². The van der Waals surface area contributed by atoms with Gasteiger partial charge in [-0.1, -0.05) is 19.9 Å². The van der Waals surface area contributed by atoms with E-state index in [-0.39, 0.29) is 6.03 Å². The van der Waals surface area contributed by atoms with Gasteiger partial charge in [0.2, 0.25) is 0 Å². The van der Waals surface area contributed by atoms with E-state index in [4.69, 9.17) is 0 Å². The Labute approximate surface area is 108 Å². The molecule has 0 bridgehead atoms. The van der Waals surface area contributed by atoms with Gasteiger partial charge in [0.25, 0.3) is 0 Å². The number of nitrogens with one attached hydrogen (secondary N) is 3. The minimum Gasteiger partial charge on any atom is -0.370 e. The van der Waals surface area contributed by atoms with Gasteiger partial charge in [0.1, 0.15) is 5.82 Å². The van der Waals surface area contributed by atoms with Crippen LogP contribution in [0.1, 0.15) is 20.3 Å². The number of amides is 2. The lowest BCUT2D eigenvalue weighted by Gasteiger charge is -2.09. The lowest BCUT2D eigenvalue weighted by atomic mass is 10.2. The third-order valence-electron chi connectivity index (χ3n) is 2.28. The van der Waals surface area contributed by atoms with E-state index in [9.17, 15) is 4.79 Å². The Hall–Kier alpha value is -1.78. The number of pyridine rings is 1. The van der Waals surface area contributed by atoms with E-state index in [0.29, 0.717) is 19.0 Å². The standard InChI is InChI=1S/C13H22N4O/c1-11(2)10-17-13(18)16-9-5-8-15-12-6-3-4-7-14-12/h3-4,6-7,11H,5,8-10H2,1-2H3,(H,14,15)(H2,16,17,18). The Bertz CT molecular complexity index is 340. The highest BCUT2D eigenvalue weighted by Gasteiger charge is 2.00. The first-order valence-electron chi connectivity index (χ1n) is 6.35. The minimum atomic E-state index is -0.0958. The highest BCUT2D eigenvalue weighted by Crippen LogP contribution is 1.98. The third-order valence-corrected chi connectivity index (χ3v) is 2.28. The first-order valence-corrected chi connectivity index (χ1v) is 6.35. The summed E-state index contributed by atoms with van der Waals surface area (Å²) in [5.74, 6) is 1.34. The molecule has 3 N–H and O–H groups in total. The van der Waals surface area contributed by atoms with Gasteiger partial charge in [-0.05, 0) is 24.5 Å². The van der Waals surface area contributed by atoms with Crippen LogP contribution in [0.25, 0.3) is 0 Å². The second-order valence-electron chi connectivity index (χ2n) is 4.53. The molecule has 0 fully saturated rings. The highest BCUT2D eigenvalue weighted by atomic mass is 16.2. The monoisotopic (exact) mass is 250 g/mol. The summed E-state index contributed by atoms with van der Waals surface area (Å²) >= 11 is 0. The number of carbonyl (C=O) groups excluding carboxylic acids is 1. The predicted molar refractivity (Wildman–Crippen MR) is 73.6 cm³/mol. The molecule has 1 heterocycles. The van der Waals surface area contributed by atoms with Crippen LogP contribution in [0.2, 0.25) is 0 Å². The number of hydrogen-bond acceptors (Lipinski definition) is 3. The van der Waals surface area contributed by atoms with Crippen molar-refractivity contribution < 1.29 is 4.79 Å². The van der Waals surface area contributed by atoms with Gasteiger partial charge >= 0.3 is 6.03 Å². The van der Waals surface area contributed by atoms with Crippen LogP contribution in [0.15, 0.2) is 24.4 Å². The van der Waals surface area contributed by atoms with Crippen LogP contribution in [-0.4, -0.2) is 30.6 Å². The van der Waals surface area contributed by atoms with Crippen molar-refractivity contribution in [3.05, 3.63) is 24.4 Å². The summed E-state index contributed by atoms with van der Waals surface area (Å²) in [6, 6.07) is 5.64. The molecule has 5 heteroatoms. The van der Waals surface area contributed by atoms with Crippen LogP contribution < -0.4 is 16.0 Å². The predicted octanol–water partition coefficient (Wildman–Crippen LogP) is 1.84. The molecule has 0 aromatic carbocycles. The van der Waals surface area contributed by atoms with E-state index in [2.05, 4.69) is 34.8 Å². The molecule has 0 spiro atoms. The first kappa shape index (κ1) is 14.3. The molecule has 18 heavy (non-hydrogen) atoms. The smallest absolute Gasteiger partial charge is 0.314 e. The topological polar surface area (TPSA) is 66.1 Å². The summed E-state index contributed by atoms with van der Waals surface area (Å²) < 4.78 is 0. The molecule has 0 radical (unpaired) electrons. The number of rotatable bonds is 7. The van der Waals surface area contributed by atoms with Crippen molar-refractivity contribution in [1.29, 1.82) is 0 Å². The second-order valence-corrected chi connectivity index (χ2v) is 4.53. The van der Waals surface area contributed by atoms with Crippen molar-refractivity contribution in [3.63, 3.8) is 0 Å². The summed E-state index contributed by atoms with van der Waals surface area (Å²) in [4.78, 5) is 15.5. The molecule has 100 valence electrons. The number of carbonyl (C=O) groups is 1. The molecule has 0 atom stereocenters. The van der Waals surface area contributed by atoms with Crippen molar-refractivity contribution in [2.45, 2.75) is 20.3 Å². The summed E-state index contributed by atoms with van der Waals surface area (Å²) in [5.41, 5.74) is 0. The molecule has 1 aromatic heterocycles. The van der Waals surface area contributed by atoms with Gasteiger partial charge in [0.05, 0.1) is 0 Å². The zero-order valence-electron chi connectivity index (χ0n) is 11.1. The van der Waals surface area contributed by atoms with E-state index in [0.717, 1.165) is 18.8 Å². The largest absolute Gasteiger partial charge is 0.370 e. The van der Waals surface area contributed by atoms with Gasteiger partial charge in [0.15, 0.2) is 0 Å². The van der Waals surface area contributed by atoms with Crippen molar-refractivity contribution in [1.82, 2.24) is 15.6 Å². The molecule has 0 aliphatic heterocycles. The fraction of sp³-hybridized carbons (Fsp3) is 0.538. The highest BCUT2D eigenvalue weighted by molar-refractivity contribution is 5.73. The van der Waals surface area contributed by atoms with Crippen molar-refractivity contribution >= 4 is 11.8 Å². The zero-order valence-corrected chi connectivity index (χ0v) is 11.1. The van der Waals surface area contributed by atoms with Gasteiger partial charge in [-0.2, -0.15) is 0 Å². The van der Waals surface area contributed by atoms with Gasteiger partial charge in [-0.3, -0.25) is 0 Å². The van der Waals surface area contributed by atoms with Crippen molar-refractivity contribution in [3.8, 4) is 0 Å². The summed E-state index contributed by atoms with van der Waals surface area (Å²) in [7, 11) is 0. The van der Waals surface area contributed by atoms with Crippen LogP contribution in [0.4, 0.5) is 10.6 Å². The maximum absolute atomic E-state index is 11.3. The summed E-state index contributed by atoms with van der Waals surface area (Å²) in [6.45, 7) is 6.29. The van der Waals surface area contributed by atoms with E-state index < -0.39 is 0 Å². The lowest BCUT2D eigenvalue weighted by molar-refractivity contribution is 0.239. The van der Waals surface area contributed by atoms with Crippen molar-refractivity contribution in [2.24, 2.45) is 5.92 Å². The van der Waals surface area contributed by atoms with Gasteiger partial charge in [-0.15, -0.1) is 0 Å². The molecule has 0 aliphatic rings. The maximum atomic E-state index is 11.3. The van der Waals surface area contributed by atoms with Crippen LogP contribution >= 0.6 is 0 Å². The zero-order chi connectivity index (χ0) is 13.2. The van der Waals surface area contributed by atoms with Gasteiger partial charge in [-0.25, -0.2) is 9.78 Å². The average Bonchev–Trinajstić information content (AvgIpc) is 2.37. The van der Waals surface area contributed by atoms with Crippen LogP contribution in [0.3, 0.4) is 0 Å². The molecule has 0 saturated carbocycles. The Morgan fingerprint density at radius 1 is 1.28 bits per heavy atom. The quantitative estimate of drug-likeness (QED) is 0.647. The Morgan fingerprint density at radius 2 is 2.11 bits per heavy atom. The third kappa shape index (κ3) is 6.73. The lowest BCUT2D eigenvalue weighted by Crippen LogP contribution is -2.38. The number of hydrogen-bond donors (Lipinski definition) is 3. The molecule has 0 unspecified atom stereocenters. The van der Waals surface area contributed by atoms with Crippen LogP contribution in [0, 0.1) is 5.92 Å². The minimum absolute atomic E-state index is 0.0958. The van der Waals surface area contributed by atoms with Gasteiger partial charge in [0, 0.05) is 25.8 Å². The molecule has 2 amide bonds. The fourth-order valence-electron chi connectivity index (χ4n) is 1.33. The number of urea groups is 1. The SMILES string of the molecule is CC(C)CNC(=O)NCCCNc1ccccn1. The molecular formula is C13H22N4O. The molecule has 1 rings (SSSR count). The molecule has 0 aliphatic carbocycles. The maximum Gasteiger partial charge on any atom is 0.314 e. The number of aromatic nitrogens is 1. The van der Waals surface area contributed by atoms with Gasteiger partial charge < -0.3 is 16.0 Å². The normalized spacial score (nSPS) is 10.2. The molecule has 1 aromatic rings. The summed E-state index contributed by atoms with van der Waals surface area (Å²) in [5, 5.41) is 8.81. The van der Waals surface area contributed by atoms with E-state index in [1.165, 1.54) is 0 Å². The summed E-state index contributed by atoms with van der Waals surface area (Å²) in [6.07, 6.45) is 2.62. The Kier molecular flexibility index (Phi) is 6.61. The fourth-order valence-corrected chi connectivity index (χ4v) is 1.33. The first-order chi connectivity index (χ1) is 8.68. The second kappa shape index (κ2) is 8.33. The molecule has 5 nitrogen and oxygen atoms in total. The average molecular weight is 250 g/mol. The van der Waals surface area contributed by atoms with E-state index >= 15 is 0 Å². The van der Waals surface area contributed by atoms with E-state index in [1.807, 2.05) is 18.2 Å². The van der Waals surface area contributed by atoms with E-state index in [1.54, 1.807) is 6.20 Å². The Balaban J connectivity index is 2.00. The molecule has 0 saturated heterocycles. The van der Waals surface area contributed by atoms with Crippen LogP contribution in [-0.2, 0) is 0 Å². The Morgan fingerprint density at radius 3 is 2.78 bits per heavy atom. The number of nitrogens with zero attached hydrogens (tertiary/aromatic N) is 1.